The van der Waals surface area contributed by atoms with Crippen LogP contribution in [-0.2, 0) is 0 Å². The van der Waals surface area contributed by atoms with Gasteiger partial charge in [0.2, 0.25) is 0 Å². The molecule has 0 radical (unpaired) electrons. The fourth-order valence-electron chi connectivity index (χ4n) is 3.72. The minimum atomic E-state index is 1.03. The Bertz CT molecular complexity index is 1310. The number of para-hydroxylation sites is 1. The quantitative estimate of drug-likeness (QED) is 0.335. The molecule has 2 heteroatoms. The third-order valence-electron chi connectivity index (χ3n) is 5.15. The summed E-state index contributed by atoms with van der Waals surface area (Å²) in [6.45, 7) is 4.23. The van der Waals surface area contributed by atoms with Crippen molar-refractivity contribution >= 4 is 43.9 Å². The number of nitrogens with zero attached hydrogens (tertiary/aromatic N) is 2. The van der Waals surface area contributed by atoms with Crippen LogP contribution in [0.4, 0.5) is 0 Å². The molecular formula is C23H18N2. The van der Waals surface area contributed by atoms with E-state index in [-0.39, 0.29) is 0 Å². The normalized spacial score (nSPS) is 12.6. The van der Waals surface area contributed by atoms with Crippen molar-refractivity contribution in [3.8, 4) is 0 Å². The van der Waals surface area contributed by atoms with E-state index in [1.54, 1.807) is 0 Å². The highest BCUT2D eigenvalue weighted by Gasteiger charge is 2.13. The zero-order valence-electron chi connectivity index (χ0n) is 14.3. The number of hydrogen-bond acceptors (Lipinski definition) is 1. The lowest BCUT2D eigenvalue weighted by atomic mass is 10.1. The molecule has 0 aliphatic heterocycles. The summed E-state index contributed by atoms with van der Waals surface area (Å²) in [6, 6.07) is 23.7. The van der Waals surface area contributed by atoms with Crippen molar-refractivity contribution in [1.29, 1.82) is 0 Å². The second kappa shape index (κ2) is 5.18. The Labute approximate surface area is 146 Å². The first kappa shape index (κ1) is 14.2. The number of aromatic nitrogens is 2. The highest BCUT2D eigenvalue weighted by atomic mass is 15.0. The zero-order valence-corrected chi connectivity index (χ0v) is 14.3. The van der Waals surface area contributed by atoms with Crippen LogP contribution in [0.15, 0.2) is 72.8 Å². The maximum atomic E-state index is 4.96. The average molecular weight is 322 g/mol. The zero-order chi connectivity index (χ0) is 17.0. The van der Waals surface area contributed by atoms with Crippen LogP contribution in [0.1, 0.15) is 19.4 Å². The van der Waals surface area contributed by atoms with Gasteiger partial charge in [-0.3, -0.25) is 4.40 Å². The first-order valence-electron chi connectivity index (χ1n) is 8.63. The number of rotatable bonds is 1. The molecule has 0 unspecified atom stereocenters. The average Bonchev–Trinajstić information content (AvgIpc) is 3.06. The summed E-state index contributed by atoms with van der Waals surface area (Å²) in [5, 5.41) is 3.71. The largest absolute Gasteiger partial charge is 0.292 e. The van der Waals surface area contributed by atoms with Crippen LogP contribution in [0.2, 0.25) is 0 Å². The predicted molar refractivity (Wildman–Crippen MR) is 107 cm³/mol. The Balaban J connectivity index is 2.08. The van der Waals surface area contributed by atoms with E-state index in [0.717, 1.165) is 16.7 Å². The summed E-state index contributed by atoms with van der Waals surface area (Å²) in [4.78, 5) is 4.96. The van der Waals surface area contributed by atoms with Gasteiger partial charge in [0.15, 0.2) is 0 Å². The van der Waals surface area contributed by atoms with Crippen LogP contribution < -0.4 is 0 Å². The first-order valence-corrected chi connectivity index (χ1v) is 8.63. The maximum Gasteiger partial charge on any atom is 0.146 e. The van der Waals surface area contributed by atoms with E-state index in [9.17, 15) is 0 Å². The van der Waals surface area contributed by atoms with Gasteiger partial charge in [0.25, 0.3) is 0 Å². The fraction of sp³-hybridized carbons (Fsp3) is 0.0870. The molecule has 5 aromatic rings. The number of fused-ring (bicyclic) bond motifs is 8. The van der Waals surface area contributed by atoms with Crippen molar-refractivity contribution in [2.24, 2.45) is 0 Å². The molecule has 2 nitrogen and oxygen atoms in total. The Morgan fingerprint density at radius 1 is 0.840 bits per heavy atom. The van der Waals surface area contributed by atoms with E-state index in [2.05, 4.69) is 91.1 Å². The summed E-state index contributed by atoms with van der Waals surface area (Å²) >= 11 is 0. The van der Waals surface area contributed by atoms with Gasteiger partial charge in [0.05, 0.1) is 16.6 Å². The Morgan fingerprint density at radius 3 is 2.36 bits per heavy atom. The summed E-state index contributed by atoms with van der Waals surface area (Å²) in [5.74, 6) is 0. The molecule has 0 aliphatic carbocycles. The molecule has 0 bridgehead atoms. The lowest BCUT2D eigenvalue weighted by Gasteiger charge is -2.09. The molecule has 0 spiro atoms. The molecule has 0 aliphatic rings. The molecule has 120 valence electrons. The van der Waals surface area contributed by atoms with Crippen LogP contribution in [0.3, 0.4) is 0 Å². The SMILES string of the molecule is C/C=C(/C)c1ccc2nc3c4ccccc4c4ccccc4n3c2c1. The number of benzene rings is 3. The lowest BCUT2D eigenvalue weighted by Crippen LogP contribution is -1.91. The van der Waals surface area contributed by atoms with Gasteiger partial charge in [-0.05, 0) is 48.6 Å². The van der Waals surface area contributed by atoms with Crippen LogP contribution in [0, 0.1) is 0 Å². The topological polar surface area (TPSA) is 17.3 Å². The standard InChI is InChI=1S/C23H18N2/c1-3-15(2)16-12-13-20-22(14-16)25-21-11-7-6-9-18(21)17-8-4-5-10-19(17)23(25)24-20/h3-14H,1-2H3/b15-3-. The molecule has 2 heterocycles. The second-order valence-corrected chi connectivity index (χ2v) is 6.51. The van der Waals surface area contributed by atoms with Crippen LogP contribution in [-0.4, -0.2) is 9.38 Å². The molecule has 0 fully saturated rings. The van der Waals surface area contributed by atoms with Gasteiger partial charge in [-0.25, -0.2) is 4.98 Å². The second-order valence-electron chi connectivity index (χ2n) is 6.51. The summed E-state index contributed by atoms with van der Waals surface area (Å²) in [6.07, 6.45) is 2.15. The molecular weight excluding hydrogens is 304 g/mol. The third kappa shape index (κ3) is 1.94. The monoisotopic (exact) mass is 322 g/mol. The van der Waals surface area contributed by atoms with Crippen molar-refractivity contribution in [3.05, 3.63) is 78.4 Å². The highest BCUT2D eigenvalue weighted by molar-refractivity contribution is 6.13. The van der Waals surface area contributed by atoms with Gasteiger partial charge in [0.1, 0.15) is 5.65 Å². The van der Waals surface area contributed by atoms with Gasteiger partial charge in [-0.1, -0.05) is 54.6 Å². The van der Waals surface area contributed by atoms with Gasteiger partial charge < -0.3 is 0 Å². The minimum Gasteiger partial charge on any atom is -0.292 e. The number of allylic oxidation sites excluding steroid dienone is 2. The molecule has 2 aromatic heterocycles. The van der Waals surface area contributed by atoms with Crippen molar-refractivity contribution in [3.63, 3.8) is 0 Å². The van der Waals surface area contributed by atoms with Gasteiger partial charge in [0, 0.05) is 10.8 Å². The number of pyridine rings is 1. The fourth-order valence-corrected chi connectivity index (χ4v) is 3.72. The van der Waals surface area contributed by atoms with Gasteiger partial charge >= 0.3 is 0 Å². The van der Waals surface area contributed by atoms with Gasteiger partial charge in [-0.15, -0.1) is 0 Å². The predicted octanol–water partition coefficient (Wildman–Crippen LogP) is 6.22. The van der Waals surface area contributed by atoms with E-state index in [0.29, 0.717) is 0 Å². The van der Waals surface area contributed by atoms with E-state index < -0.39 is 0 Å². The van der Waals surface area contributed by atoms with Crippen molar-refractivity contribution < 1.29 is 0 Å². The number of hydrogen-bond donors (Lipinski definition) is 0. The van der Waals surface area contributed by atoms with E-state index in [4.69, 9.17) is 4.98 Å². The number of imidazole rings is 1. The summed E-state index contributed by atoms with van der Waals surface area (Å²) in [7, 11) is 0. The lowest BCUT2D eigenvalue weighted by molar-refractivity contribution is 1.31. The first-order chi connectivity index (χ1) is 12.3. The Kier molecular flexibility index (Phi) is 2.95. The van der Waals surface area contributed by atoms with E-state index in [1.165, 1.54) is 32.8 Å². The highest BCUT2D eigenvalue weighted by Crippen LogP contribution is 2.32. The minimum absolute atomic E-state index is 1.03. The summed E-state index contributed by atoms with van der Waals surface area (Å²) < 4.78 is 2.30. The summed E-state index contributed by atoms with van der Waals surface area (Å²) in [5.41, 5.74) is 6.95. The van der Waals surface area contributed by atoms with E-state index >= 15 is 0 Å². The molecule has 0 saturated heterocycles. The van der Waals surface area contributed by atoms with E-state index in [1.807, 2.05) is 0 Å². The Hall–Kier alpha value is -3.13. The van der Waals surface area contributed by atoms with Crippen molar-refractivity contribution in [1.82, 2.24) is 9.38 Å². The maximum absolute atomic E-state index is 4.96. The molecule has 0 atom stereocenters. The van der Waals surface area contributed by atoms with Crippen LogP contribution in [0.5, 0.6) is 0 Å². The molecule has 0 N–H and O–H groups in total. The van der Waals surface area contributed by atoms with Crippen LogP contribution in [0.25, 0.3) is 43.9 Å². The molecule has 5 rings (SSSR count). The molecule has 3 aromatic carbocycles. The molecule has 0 amide bonds. The Morgan fingerprint density at radius 2 is 1.56 bits per heavy atom. The van der Waals surface area contributed by atoms with Crippen LogP contribution >= 0.6 is 0 Å². The third-order valence-corrected chi connectivity index (χ3v) is 5.15. The molecule has 25 heavy (non-hydrogen) atoms. The smallest absolute Gasteiger partial charge is 0.146 e. The van der Waals surface area contributed by atoms with Crippen molar-refractivity contribution in [2.45, 2.75) is 13.8 Å². The van der Waals surface area contributed by atoms with Crippen molar-refractivity contribution in [2.75, 3.05) is 0 Å². The van der Waals surface area contributed by atoms with Gasteiger partial charge in [-0.2, -0.15) is 0 Å². The molecule has 0 saturated carbocycles.